The summed E-state index contributed by atoms with van der Waals surface area (Å²) in [6, 6.07) is 0. The summed E-state index contributed by atoms with van der Waals surface area (Å²) in [6.45, 7) is 11.8. The van der Waals surface area contributed by atoms with Crippen molar-refractivity contribution in [1.82, 2.24) is 0 Å². The van der Waals surface area contributed by atoms with Crippen LogP contribution in [0.2, 0.25) is 0 Å². The van der Waals surface area contributed by atoms with Crippen LogP contribution in [0.4, 0.5) is 0 Å². The molecule has 2 saturated carbocycles. The number of carbonyl (C=O) groups is 1. The fourth-order valence-corrected chi connectivity index (χ4v) is 5.17. The van der Waals surface area contributed by atoms with Gasteiger partial charge in [0.15, 0.2) is 6.29 Å². The van der Waals surface area contributed by atoms with Gasteiger partial charge in [-0.05, 0) is 30.8 Å². The molecule has 0 radical (unpaired) electrons. The third-order valence-electron chi connectivity index (χ3n) is 6.89. The van der Waals surface area contributed by atoms with Gasteiger partial charge in [0, 0.05) is 17.4 Å². The second kappa shape index (κ2) is 7.61. The lowest BCUT2D eigenvalue weighted by atomic mass is 9.82. The molecule has 8 heteroatoms. The van der Waals surface area contributed by atoms with E-state index in [-0.39, 0.29) is 29.8 Å². The van der Waals surface area contributed by atoms with E-state index in [1.807, 2.05) is 0 Å². The lowest BCUT2D eigenvalue weighted by molar-refractivity contribution is -0.308. The van der Waals surface area contributed by atoms with Crippen molar-refractivity contribution >= 4 is 5.97 Å². The molecule has 4 aliphatic rings. The van der Waals surface area contributed by atoms with E-state index in [9.17, 15) is 25.2 Å². The van der Waals surface area contributed by atoms with E-state index < -0.39 is 43.4 Å². The van der Waals surface area contributed by atoms with Gasteiger partial charge in [0.1, 0.15) is 30.5 Å². The summed E-state index contributed by atoms with van der Waals surface area (Å²) in [5.74, 6) is -0.631. The van der Waals surface area contributed by atoms with E-state index >= 15 is 0 Å². The van der Waals surface area contributed by atoms with Gasteiger partial charge in [-0.25, -0.2) is 4.79 Å². The van der Waals surface area contributed by atoms with Crippen molar-refractivity contribution < 1.29 is 39.4 Å². The first-order valence-electron chi connectivity index (χ1n) is 9.96. The van der Waals surface area contributed by atoms with Crippen LogP contribution in [0.3, 0.4) is 0 Å². The first-order valence-corrected chi connectivity index (χ1v) is 9.96. The van der Waals surface area contributed by atoms with Crippen LogP contribution in [-0.4, -0.2) is 75.9 Å². The molecule has 8 nitrogen and oxygen atoms in total. The molecule has 2 saturated heterocycles. The number of esters is 1. The van der Waals surface area contributed by atoms with E-state index in [0.717, 1.165) is 18.4 Å². The molecule has 10 atom stereocenters. The predicted octanol–water partition coefficient (Wildman–Crippen LogP) is -0.188. The number of aliphatic hydroxyl groups excluding tert-OH is 4. The van der Waals surface area contributed by atoms with Gasteiger partial charge in [-0.15, -0.1) is 0 Å². The van der Waals surface area contributed by atoms with Crippen molar-refractivity contribution in [2.45, 2.75) is 62.2 Å². The number of hydrogen-bond donors (Lipinski definition) is 4. The molecule has 0 aromatic rings. The Morgan fingerprint density at radius 3 is 2.48 bits per heavy atom. The molecule has 2 aliphatic heterocycles. The molecular formula is C21H28O8. The first-order chi connectivity index (χ1) is 13.7. The summed E-state index contributed by atoms with van der Waals surface area (Å²) in [5, 5.41) is 39.6. The molecule has 0 spiro atoms. The molecule has 2 heterocycles. The number of carbonyl (C=O) groups excluding carboxylic acids is 1. The Kier molecular flexibility index (Phi) is 5.43. The summed E-state index contributed by atoms with van der Waals surface area (Å²) in [5.41, 5.74) is 2.23. The highest BCUT2D eigenvalue weighted by Gasteiger charge is 2.54. The minimum absolute atomic E-state index is 0.00564. The smallest absolute Gasteiger partial charge is 0.334 e. The highest BCUT2D eigenvalue weighted by Crippen LogP contribution is 2.53. The zero-order valence-corrected chi connectivity index (χ0v) is 16.1. The summed E-state index contributed by atoms with van der Waals surface area (Å²) in [4.78, 5) is 12.1. The summed E-state index contributed by atoms with van der Waals surface area (Å²) >= 11 is 0. The second-order valence-electron chi connectivity index (χ2n) is 8.46. The lowest BCUT2D eigenvalue weighted by Gasteiger charge is -2.40. The third-order valence-corrected chi connectivity index (χ3v) is 6.89. The zero-order chi connectivity index (χ0) is 21.0. The van der Waals surface area contributed by atoms with Crippen molar-refractivity contribution in [3.05, 3.63) is 36.5 Å². The SMILES string of the molecule is C=C1[C@@H]2[C@H]3OC(=O)C(=C)[C@@H]3CCC(=C)[C@@H]2C[C@@H]1O[C@H]1O[C@H](CO)[C@H](O)[C@H](O)[C@H]1O. The van der Waals surface area contributed by atoms with Gasteiger partial charge in [0.25, 0.3) is 0 Å². The second-order valence-corrected chi connectivity index (χ2v) is 8.46. The van der Waals surface area contributed by atoms with Gasteiger partial charge in [0.05, 0.1) is 12.7 Å². The van der Waals surface area contributed by atoms with Crippen molar-refractivity contribution in [1.29, 1.82) is 0 Å². The molecule has 4 N–H and O–H groups in total. The fraction of sp³-hybridized carbons (Fsp3) is 0.667. The lowest BCUT2D eigenvalue weighted by Crippen LogP contribution is -2.59. The van der Waals surface area contributed by atoms with Crippen LogP contribution < -0.4 is 0 Å². The van der Waals surface area contributed by atoms with E-state index in [0.29, 0.717) is 17.6 Å². The van der Waals surface area contributed by atoms with E-state index in [1.54, 1.807) is 0 Å². The van der Waals surface area contributed by atoms with Gasteiger partial charge in [-0.2, -0.15) is 0 Å². The Bertz CT molecular complexity index is 730. The van der Waals surface area contributed by atoms with Gasteiger partial charge in [-0.1, -0.05) is 25.3 Å². The first kappa shape index (κ1) is 20.7. The minimum atomic E-state index is -1.51. The summed E-state index contributed by atoms with van der Waals surface area (Å²) in [7, 11) is 0. The Hall–Kier alpha value is -1.55. The van der Waals surface area contributed by atoms with Crippen molar-refractivity contribution in [2.75, 3.05) is 6.61 Å². The van der Waals surface area contributed by atoms with Crippen molar-refractivity contribution in [2.24, 2.45) is 17.8 Å². The monoisotopic (exact) mass is 408 g/mol. The Labute approximate surface area is 169 Å². The molecule has 2 aliphatic carbocycles. The van der Waals surface area contributed by atoms with Gasteiger partial charge >= 0.3 is 5.97 Å². The number of ether oxygens (including phenoxy) is 3. The Balaban J connectivity index is 1.54. The molecule has 0 unspecified atom stereocenters. The number of rotatable bonds is 3. The van der Waals surface area contributed by atoms with E-state index in [4.69, 9.17) is 14.2 Å². The number of hydrogen-bond acceptors (Lipinski definition) is 8. The molecule has 0 amide bonds. The van der Waals surface area contributed by atoms with Gasteiger partial charge in [-0.3, -0.25) is 0 Å². The molecule has 0 bridgehead atoms. The van der Waals surface area contributed by atoms with Crippen LogP contribution in [0, 0.1) is 17.8 Å². The number of aliphatic hydroxyl groups is 4. The maximum Gasteiger partial charge on any atom is 0.334 e. The normalized spacial score (nSPS) is 47.6. The summed E-state index contributed by atoms with van der Waals surface area (Å²) < 4.78 is 17.1. The third kappa shape index (κ3) is 3.28. The molecule has 29 heavy (non-hydrogen) atoms. The van der Waals surface area contributed by atoms with E-state index in [1.165, 1.54) is 0 Å². The zero-order valence-electron chi connectivity index (χ0n) is 16.1. The molecule has 0 aromatic carbocycles. The maximum atomic E-state index is 12.1. The van der Waals surface area contributed by atoms with Gasteiger partial charge in [0.2, 0.25) is 0 Å². The van der Waals surface area contributed by atoms with Crippen LogP contribution in [-0.2, 0) is 19.0 Å². The van der Waals surface area contributed by atoms with Crippen LogP contribution in [0.25, 0.3) is 0 Å². The largest absolute Gasteiger partial charge is 0.458 e. The quantitative estimate of drug-likeness (QED) is 0.288. The Morgan fingerprint density at radius 2 is 1.79 bits per heavy atom. The van der Waals surface area contributed by atoms with Crippen LogP contribution in [0.15, 0.2) is 36.5 Å². The molecule has 4 fully saturated rings. The van der Waals surface area contributed by atoms with Crippen molar-refractivity contribution in [3.8, 4) is 0 Å². The maximum absolute atomic E-state index is 12.1. The predicted molar refractivity (Wildman–Crippen MR) is 100 cm³/mol. The van der Waals surface area contributed by atoms with Crippen LogP contribution in [0.1, 0.15) is 19.3 Å². The summed E-state index contributed by atoms with van der Waals surface area (Å²) in [6.07, 6.45) is -5.57. The number of fused-ring (bicyclic) bond motifs is 3. The standard InChI is InChI=1S/C21H28O8/c1-8-4-5-11-9(2)20(26)29-19(11)15-10(3)13(6-12(8)15)27-21-18(25)17(24)16(23)14(7-22)28-21/h11-19,21-25H,1-7H2/t11-,12-,13-,14+,15-,16-,17-,18+,19-,21-/m0/s1. The van der Waals surface area contributed by atoms with Crippen molar-refractivity contribution in [3.63, 3.8) is 0 Å². The highest BCUT2D eigenvalue weighted by atomic mass is 16.7. The average molecular weight is 408 g/mol. The molecule has 0 aromatic heterocycles. The topological polar surface area (TPSA) is 126 Å². The van der Waals surface area contributed by atoms with Gasteiger partial charge < -0.3 is 34.6 Å². The van der Waals surface area contributed by atoms with Crippen LogP contribution in [0.5, 0.6) is 0 Å². The highest BCUT2D eigenvalue weighted by molar-refractivity contribution is 5.91. The average Bonchev–Trinajstić information content (AvgIpc) is 3.11. The minimum Gasteiger partial charge on any atom is -0.458 e. The number of allylic oxidation sites excluding steroid dienone is 1. The van der Waals surface area contributed by atoms with Crippen LogP contribution >= 0.6 is 0 Å². The molecule has 4 rings (SSSR count). The Morgan fingerprint density at radius 1 is 1.07 bits per heavy atom. The molecular weight excluding hydrogens is 380 g/mol. The van der Waals surface area contributed by atoms with E-state index in [2.05, 4.69) is 19.7 Å². The molecule has 160 valence electrons. The fourth-order valence-electron chi connectivity index (χ4n) is 5.17.